The van der Waals surface area contributed by atoms with Gasteiger partial charge < -0.3 is 10.8 Å². The van der Waals surface area contributed by atoms with Crippen LogP contribution in [0.25, 0.3) is 0 Å². The molecule has 3 nitrogen and oxygen atoms in total. The Bertz CT molecular complexity index is 523. The fourth-order valence-electron chi connectivity index (χ4n) is 1.58. The second kappa shape index (κ2) is 4.80. The highest BCUT2D eigenvalue weighted by Gasteiger charge is 2.17. The van der Waals surface area contributed by atoms with Crippen LogP contribution in [0.1, 0.15) is 22.0 Å². The number of aromatic hydroxyl groups is 1. The molecule has 3 N–H and O–H groups in total. The lowest BCUT2D eigenvalue weighted by molar-refractivity contribution is 0.0961. The number of phenolic OH excluding ortho intramolecular Hbond substituents is 1. The second-order valence-corrected chi connectivity index (χ2v) is 3.70. The third-order valence-electron chi connectivity index (χ3n) is 2.48. The van der Waals surface area contributed by atoms with Crippen LogP contribution in [0.5, 0.6) is 5.75 Å². The molecule has 17 heavy (non-hydrogen) atoms. The van der Waals surface area contributed by atoms with Crippen LogP contribution in [0, 0.1) is 6.07 Å². The number of Topliss-reactive ketones (excluding diaryl/α,β-unsaturated/α-hetero) is 1. The van der Waals surface area contributed by atoms with Crippen LogP contribution >= 0.6 is 0 Å². The standard InChI is InChI=1S/C14H12NO2/c15-13(11-7-4-8-12(16)9-11)14(17)10-5-2-1-3-6-10/h1-8,13,16H,15H2. The van der Waals surface area contributed by atoms with Crippen LogP contribution in [0.4, 0.5) is 0 Å². The first kappa shape index (κ1) is 11.4. The van der Waals surface area contributed by atoms with Gasteiger partial charge >= 0.3 is 0 Å². The number of carbonyl (C=O) groups is 1. The Hall–Kier alpha value is -2.13. The third kappa shape index (κ3) is 2.52. The molecule has 2 aromatic carbocycles. The molecule has 0 saturated carbocycles. The summed E-state index contributed by atoms with van der Waals surface area (Å²) in [6, 6.07) is 15.5. The van der Waals surface area contributed by atoms with Crippen molar-refractivity contribution in [1.29, 1.82) is 0 Å². The molecular formula is C14H12NO2. The Labute approximate surface area is 99.5 Å². The summed E-state index contributed by atoms with van der Waals surface area (Å²) in [4.78, 5) is 12.0. The zero-order valence-electron chi connectivity index (χ0n) is 9.13. The van der Waals surface area contributed by atoms with Crippen LogP contribution in [0.2, 0.25) is 0 Å². The lowest BCUT2D eigenvalue weighted by atomic mass is 9.98. The van der Waals surface area contributed by atoms with E-state index in [1.54, 1.807) is 36.4 Å². The number of rotatable bonds is 3. The number of carbonyl (C=O) groups excluding carboxylic acids is 1. The molecule has 85 valence electrons. The summed E-state index contributed by atoms with van der Waals surface area (Å²) in [6.07, 6.45) is 0. The molecule has 0 aliphatic rings. The van der Waals surface area contributed by atoms with E-state index in [2.05, 4.69) is 6.07 Å². The van der Waals surface area contributed by atoms with E-state index in [1.807, 2.05) is 6.07 Å². The molecule has 1 atom stereocenters. The van der Waals surface area contributed by atoms with Crippen LogP contribution in [0.15, 0.2) is 48.5 Å². The van der Waals surface area contributed by atoms with Crippen molar-refractivity contribution in [1.82, 2.24) is 0 Å². The Kier molecular flexibility index (Phi) is 3.21. The topological polar surface area (TPSA) is 63.3 Å². The predicted octanol–water partition coefficient (Wildman–Crippen LogP) is 2.08. The summed E-state index contributed by atoms with van der Waals surface area (Å²) < 4.78 is 0. The van der Waals surface area contributed by atoms with Crippen molar-refractivity contribution in [3.63, 3.8) is 0 Å². The number of ketones is 1. The summed E-state index contributed by atoms with van der Waals surface area (Å²) >= 11 is 0. The number of nitrogens with two attached hydrogens (primary N) is 1. The molecule has 0 fully saturated rings. The van der Waals surface area contributed by atoms with Gasteiger partial charge in [-0.3, -0.25) is 4.79 Å². The normalized spacial score (nSPS) is 12.1. The Morgan fingerprint density at radius 1 is 1.12 bits per heavy atom. The molecular weight excluding hydrogens is 214 g/mol. The predicted molar refractivity (Wildman–Crippen MR) is 64.6 cm³/mol. The highest BCUT2D eigenvalue weighted by Crippen LogP contribution is 2.19. The zero-order chi connectivity index (χ0) is 12.3. The number of phenols is 1. The van der Waals surface area contributed by atoms with Crippen molar-refractivity contribution in [2.45, 2.75) is 6.04 Å². The minimum absolute atomic E-state index is 0.0150. The lowest BCUT2D eigenvalue weighted by Crippen LogP contribution is -2.21. The van der Waals surface area contributed by atoms with Crippen molar-refractivity contribution in [3.05, 3.63) is 65.7 Å². The third-order valence-corrected chi connectivity index (χ3v) is 2.48. The maximum Gasteiger partial charge on any atom is 0.184 e. The monoisotopic (exact) mass is 226 g/mol. The minimum atomic E-state index is -0.801. The quantitative estimate of drug-likeness (QED) is 0.787. The van der Waals surface area contributed by atoms with Gasteiger partial charge in [0.15, 0.2) is 5.78 Å². The lowest BCUT2D eigenvalue weighted by Gasteiger charge is -2.10. The summed E-state index contributed by atoms with van der Waals surface area (Å²) in [7, 11) is 0. The summed E-state index contributed by atoms with van der Waals surface area (Å²) in [5.41, 5.74) is 6.89. The molecule has 1 radical (unpaired) electrons. The SMILES string of the molecule is NC(C(=O)c1ccccc1)c1[c]c(O)ccc1. The summed E-state index contributed by atoms with van der Waals surface area (Å²) in [5, 5.41) is 9.29. The highest BCUT2D eigenvalue weighted by atomic mass is 16.3. The van der Waals surface area contributed by atoms with Gasteiger partial charge in [-0.1, -0.05) is 42.5 Å². The second-order valence-electron chi connectivity index (χ2n) is 3.70. The van der Waals surface area contributed by atoms with Crippen molar-refractivity contribution in [2.24, 2.45) is 5.73 Å². The molecule has 0 aliphatic heterocycles. The van der Waals surface area contributed by atoms with Crippen molar-refractivity contribution < 1.29 is 9.90 Å². The van der Waals surface area contributed by atoms with Crippen molar-refractivity contribution in [2.75, 3.05) is 0 Å². The first-order chi connectivity index (χ1) is 8.18. The fourth-order valence-corrected chi connectivity index (χ4v) is 1.58. The van der Waals surface area contributed by atoms with Crippen LogP contribution in [0.3, 0.4) is 0 Å². The summed E-state index contributed by atoms with van der Waals surface area (Å²) in [5.74, 6) is -0.203. The molecule has 2 rings (SSSR count). The maximum absolute atomic E-state index is 12.0. The van der Waals surface area contributed by atoms with Gasteiger partial charge in [0.1, 0.15) is 5.75 Å². The van der Waals surface area contributed by atoms with E-state index in [0.717, 1.165) is 0 Å². The molecule has 0 aliphatic carbocycles. The molecule has 0 aromatic heterocycles. The Balaban J connectivity index is 2.27. The molecule has 3 heteroatoms. The van der Waals surface area contributed by atoms with Crippen LogP contribution in [-0.4, -0.2) is 10.9 Å². The van der Waals surface area contributed by atoms with Crippen LogP contribution in [-0.2, 0) is 0 Å². The smallest absolute Gasteiger partial charge is 0.184 e. The minimum Gasteiger partial charge on any atom is -0.507 e. The largest absolute Gasteiger partial charge is 0.507 e. The van der Waals surface area contributed by atoms with E-state index in [1.165, 1.54) is 6.07 Å². The molecule has 0 spiro atoms. The molecule has 2 aromatic rings. The number of hydrogen-bond donors (Lipinski definition) is 2. The van der Waals surface area contributed by atoms with Gasteiger partial charge in [0, 0.05) is 11.6 Å². The van der Waals surface area contributed by atoms with Gasteiger partial charge in [0.2, 0.25) is 0 Å². The molecule has 0 amide bonds. The Morgan fingerprint density at radius 3 is 2.47 bits per heavy atom. The van der Waals surface area contributed by atoms with E-state index in [-0.39, 0.29) is 11.5 Å². The number of hydrogen-bond acceptors (Lipinski definition) is 3. The maximum atomic E-state index is 12.0. The molecule has 0 saturated heterocycles. The number of benzene rings is 2. The van der Waals surface area contributed by atoms with E-state index in [9.17, 15) is 9.90 Å². The first-order valence-corrected chi connectivity index (χ1v) is 5.24. The molecule has 0 heterocycles. The van der Waals surface area contributed by atoms with Gasteiger partial charge in [-0.25, -0.2) is 0 Å². The Morgan fingerprint density at radius 2 is 1.82 bits per heavy atom. The van der Waals surface area contributed by atoms with Crippen molar-refractivity contribution >= 4 is 5.78 Å². The van der Waals surface area contributed by atoms with Crippen LogP contribution < -0.4 is 5.73 Å². The molecule has 1 unspecified atom stereocenters. The summed E-state index contributed by atoms with van der Waals surface area (Å²) in [6.45, 7) is 0. The van der Waals surface area contributed by atoms with E-state index < -0.39 is 6.04 Å². The van der Waals surface area contributed by atoms with Gasteiger partial charge in [0.25, 0.3) is 0 Å². The van der Waals surface area contributed by atoms with Gasteiger partial charge in [-0.05, 0) is 11.6 Å². The van der Waals surface area contributed by atoms with Gasteiger partial charge in [-0.15, -0.1) is 0 Å². The first-order valence-electron chi connectivity index (χ1n) is 5.24. The average molecular weight is 226 g/mol. The van der Waals surface area contributed by atoms with E-state index in [4.69, 9.17) is 5.73 Å². The zero-order valence-corrected chi connectivity index (χ0v) is 9.13. The fraction of sp³-hybridized carbons (Fsp3) is 0.0714. The molecule has 0 bridgehead atoms. The van der Waals surface area contributed by atoms with E-state index >= 15 is 0 Å². The highest BCUT2D eigenvalue weighted by molar-refractivity contribution is 6.00. The average Bonchev–Trinajstić information content (AvgIpc) is 2.38. The van der Waals surface area contributed by atoms with Crippen molar-refractivity contribution in [3.8, 4) is 5.75 Å². The van der Waals surface area contributed by atoms with Gasteiger partial charge in [-0.2, -0.15) is 0 Å². The van der Waals surface area contributed by atoms with E-state index in [0.29, 0.717) is 11.1 Å². The van der Waals surface area contributed by atoms with Gasteiger partial charge in [0.05, 0.1) is 6.04 Å².